The molecule has 1 aromatic carbocycles. The average molecular weight is 527 g/mol. The molecule has 2 atom stereocenters. The van der Waals surface area contributed by atoms with Crippen molar-refractivity contribution in [3.63, 3.8) is 0 Å². The predicted molar refractivity (Wildman–Crippen MR) is 162 cm³/mol. The van der Waals surface area contributed by atoms with Gasteiger partial charge in [0, 0.05) is 39.3 Å². The van der Waals surface area contributed by atoms with E-state index >= 15 is 0 Å². The highest BCUT2D eigenvalue weighted by molar-refractivity contribution is 7.34. The molecule has 4 aromatic heterocycles. The fourth-order valence-electron chi connectivity index (χ4n) is 4.94. The van der Waals surface area contributed by atoms with Crippen LogP contribution in [0, 0.1) is 17.8 Å². The topological polar surface area (TPSA) is 0 Å². The van der Waals surface area contributed by atoms with Crippen molar-refractivity contribution in [3.8, 4) is 0 Å². The third-order valence-electron chi connectivity index (χ3n) is 7.45. The fraction of sp³-hybridized carbons (Fsp3) is 0.533. The second-order valence-electron chi connectivity index (χ2n) is 10.9. The Kier molecular flexibility index (Phi) is 7.70. The van der Waals surface area contributed by atoms with E-state index in [0.29, 0.717) is 0 Å². The molecule has 34 heavy (non-hydrogen) atoms. The Morgan fingerprint density at radius 2 is 1.15 bits per heavy atom. The zero-order valence-electron chi connectivity index (χ0n) is 21.3. The molecule has 4 heteroatoms. The van der Waals surface area contributed by atoms with Crippen LogP contribution in [0.15, 0.2) is 24.3 Å². The maximum absolute atomic E-state index is 2.52. The van der Waals surface area contributed by atoms with Crippen molar-refractivity contribution in [2.75, 3.05) is 0 Å². The summed E-state index contributed by atoms with van der Waals surface area (Å²) in [5, 5.41) is 2.98. The highest BCUT2D eigenvalue weighted by atomic mass is 32.1. The highest BCUT2D eigenvalue weighted by Gasteiger charge is 2.16. The van der Waals surface area contributed by atoms with Gasteiger partial charge in [-0.2, -0.15) is 0 Å². The van der Waals surface area contributed by atoms with Crippen LogP contribution in [-0.2, 0) is 12.8 Å². The monoisotopic (exact) mass is 526 g/mol. The van der Waals surface area contributed by atoms with Gasteiger partial charge in [0.1, 0.15) is 0 Å². The van der Waals surface area contributed by atoms with Gasteiger partial charge in [0.15, 0.2) is 0 Å². The molecule has 0 saturated heterocycles. The van der Waals surface area contributed by atoms with Crippen molar-refractivity contribution in [2.24, 2.45) is 17.8 Å². The number of benzene rings is 1. The lowest BCUT2D eigenvalue weighted by atomic mass is 9.96. The van der Waals surface area contributed by atoms with Crippen LogP contribution in [0.3, 0.4) is 0 Å². The summed E-state index contributed by atoms with van der Waals surface area (Å²) in [6, 6.07) is 9.95. The number of hydrogen-bond acceptors (Lipinski definition) is 4. The Balaban J connectivity index is 1.36. The van der Waals surface area contributed by atoms with E-state index in [1.54, 1.807) is 9.75 Å². The van der Waals surface area contributed by atoms with Crippen LogP contribution in [0.1, 0.15) is 82.9 Å². The van der Waals surface area contributed by atoms with Gasteiger partial charge in [0.25, 0.3) is 0 Å². The van der Waals surface area contributed by atoms with Crippen LogP contribution >= 0.6 is 45.3 Å². The summed E-state index contributed by atoms with van der Waals surface area (Å²) in [4.78, 5) is 3.15. The summed E-state index contributed by atoms with van der Waals surface area (Å²) < 4.78 is 8.97. The molecule has 5 rings (SSSR count). The Labute approximate surface area is 221 Å². The van der Waals surface area contributed by atoms with Gasteiger partial charge in [-0.05, 0) is 67.7 Å². The number of rotatable bonds is 11. The van der Waals surface area contributed by atoms with Crippen molar-refractivity contribution in [3.05, 3.63) is 34.0 Å². The van der Waals surface area contributed by atoms with E-state index in [1.165, 1.54) is 90.3 Å². The first-order valence-corrected chi connectivity index (χ1v) is 16.5. The Morgan fingerprint density at radius 1 is 0.588 bits per heavy atom. The van der Waals surface area contributed by atoms with E-state index in [-0.39, 0.29) is 0 Å². The molecule has 0 fully saturated rings. The van der Waals surface area contributed by atoms with Gasteiger partial charge in [-0.25, -0.2) is 0 Å². The van der Waals surface area contributed by atoms with Crippen molar-refractivity contribution in [1.29, 1.82) is 0 Å². The molecular weight excluding hydrogens is 489 g/mol. The lowest BCUT2D eigenvalue weighted by Gasteiger charge is -2.11. The summed E-state index contributed by atoms with van der Waals surface area (Å²) in [6.07, 6.45) is 10.5. The molecule has 0 aliphatic rings. The molecule has 0 radical (unpaired) electrons. The SMILES string of the molecule is CCC(C)CCc1cc2sc3cc4sc5cc(CCC(C)CCCC(C)C)sc5c4cc3c2s1. The van der Waals surface area contributed by atoms with Gasteiger partial charge in [0.2, 0.25) is 0 Å². The van der Waals surface area contributed by atoms with Crippen molar-refractivity contribution in [2.45, 2.75) is 86.0 Å². The Bertz CT molecular complexity index is 1390. The van der Waals surface area contributed by atoms with E-state index in [1.807, 2.05) is 34.0 Å². The maximum atomic E-state index is 2.52. The zero-order chi connectivity index (χ0) is 23.8. The largest absolute Gasteiger partial charge is 0.139 e. The van der Waals surface area contributed by atoms with E-state index in [2.05, 4.69) is 70.2 Å². The molecule has 182 valence electrons. The van der Waals surface area contributed by atoms with Gasteiger partial charge in [0.05, 0.1) is 9.40 Å². The first-order valence-electron chi connectivity index (χ1n) is 13.2. The highest BCUT2D eigenvalue weighted by Crippen LogP contribution is 2.46. The minimum Gasteiger partial charge on any atom is -0.139 e. The quantitative estimate of drug-likeness (QED) is 0.160. The van der Waals surface area contributed by atoms with Gasteiger partial charge >= 0.3 is 0 Å². The second-order valence-corrected chi connectivity index (χ2v) is 15.3. The molecule has 0 aliphatic heterocycles. The second kappa shape index (κ2) is 10.6. The third kappa shape index (κ3) is 5.26. The lowest BCUT2D eigenvalue weighted by molar-refractivity contribution is 0.438. The van der Waals surface area contributed by atoms with Gasteiger partial charge in [-0.15, -0.1) is 45.3 Å². The molecule has 0 aliphatic carbocycles. The van der Waals surface area contributed by atoms with Gasteiger partial charge in [-0.1, -0.05) is 60.3 Å². The summed E-state index contributed by atoms with van der Waals surface area (Å²) in [6.45, 7) is 11.8. The Hall–Kier alpha value is -0.940. The van der Waals surface area contributed by atoms with E-state index in [4.69, 9.17) is 0 Å². The molecular formula is C30H38S4. The Morgan fingerprint density at radius 3 is 1.68 bits per heavy atom. The molecule has 2 unspecified atom stereocenters. The molecule has 5 aromatic rings. The van der Waals surface area contributed by atoms with E-state index in [9.17, 15) is 0 Å². The number of thiophene rings is 4. The normalized spacial score (nSPS) is 14.4. The smallest absolute Gasteiger partial charge is 0.0532 e. The minimum atomic E-state index is 0.826. The summed E-state index contributed by atoms with van der Waals surface area (Å²) in [7, 11) is 0. The lowest BCUT2D eigenvalue weighted by Crippen LogP contribution is -1.98. The summed E-state index contributed by atoms with van der Waals surface area (Å²) >= 11 is 8.09. The molecule has 0 nitrogen and oxygen atoms in total. The first kappa shape index (κ1) is 24.7. The molecule has 0 bridgehead atoms. The molecule has 4 heterocycles. The first-order chi connectivity index (χ1) is 16.4. The summed E-state index contributed by atoms with van der Waals surface area (Å²) in [5.74, 6) is 2.50. The standard InChI is InChI=1S/C30H38S4/c1-6-19(4)10-12-21-14-27-29(31-21)23-16-24-26(17-25(23)33-27)34-28-15-22(32-30(24)28)13-11-20(5)9-7-8-18(2)3/h14-20H,6-13H2,1-5H3. The average Bonchev–Trinajstić information content (AvgIpc) is 3.53. The molecule has 0 spiro atoms. The fourth-order valence-corrected chi connectivity index (χ4v) is 10.2. The maximum Gasteiger partial charge on any atom is 0.0532 e. The number of fused-ring (bicyclic) bond motifs is 6. The van der Waals surface area contributed by atoms with Crippen LogP contribution in [0.2, 0.25) is 0 Å². The van der Waals surface area contributed by atoms with Gasteiger partial charge < -0.3 is 0 Å². The van der Waals surface area contributed by atoms with E-state index in [0.717, 1.165) is 17.8 Å². The van der Waals surface area contributed by atoms with Crippen molar-refractivity contribution < 1.29 is 0 Å². The third-order valence-corrected chi connectivity index (χ3v) is 12.4. The van der Waals surface area contributed by atoms with Crippen LogP contribution in [0.4, 0.5) is 0 Å². The van der Waals surface area contributed by atoms with Crippen LogP contribution in [0.25, 0.3) is 39.0 Å². The van der Waals surface area contributed by atoms with Crippen molar-refractivity contribution in [1.82, 2.24) is 0 Å². The minimum absolute atomic E-state index is 0.826. The van der Waals surface area contributed by atoms with Gasteiger partial charge in [-0.3, -0.25) is 0 Å². The number of hydrogen-bond donors (Lipinski definition) is 0. The summed E-state index contributed by atoms with van der Waals surface area (Å²) in [5.41, 5.74) is 0. The predicted octanol–water partition coefficient (Wildman–Crippen LogP) is 11.9. The van der Waals surface area contributed by atoms with Crippen LogP contribution < -0.4 is 0 Å². The molecule has 0 N–H and O–H groups in total. The number of aryl methyl sites for hydroxylation is 2. The molecule has 0 amide bonds. The zero-order valence-corrected chi connectivity index (χ0v) is 24.6. The van der Waals surface area contributed by atoms with E-state index < -0.39 is 0 Å². The van der Waals surface area contributed by atoms with Crippen LogP contribution in [0.5, 0.6) is 0 Å². The van der Waals surface area contributed by atoms with Crippen LogP contribution in [-0.4, -0.2) is 0 Å². The van der Waals surface area contributed by atoms with Crippen molar-refractivity contribution >= 4 is 84.3 Å². The molecule has 0 saturated carbocycles.